The first-order valence-electron chi connectivity index (χ1n) is 22.6. The molecule has 0 N–H and O–H groups in total. The largest absolute Gasteiger partial charge is 0.478 e. The number of hydrogen-bond acceptors (Lipinski definition) is 12. The van der Waals surface area contributed by atoms with Crippen molar-refractivity contribution in [3.63, 3.8) is 0 Å². The summed E-state index contributed by atoms with van der Waals surface area (Å²) in [4.78, 5) is 0. The van der Waals surface area contributed by atoms with Crippen LogP contribution in [0.15, 0.2) is 0 Å². The van der Waals surface area contributed by atoms with E-state index in [-0.39, 0.29) is 0 Å². The van der Waals surface area contributed by atoms with Gasteiger partial charge in [-0.15, -0.1) is 0 Å². The summed E-state index contributed by atoms with van der Waals surface area (Å²) in [5.74, 6) is 0. The van der Waals surface area contributed by atoms with E-state index < -0.39 is 141 Å². The van der Waals surface area contributed by atoms with E-state index in [1.165, 1.54) is 0 Å². The predicted octanol–water partition coefficient (Wildman–Crippen LogP) is 9.80. The molecule has 0 saturated carbocycles. The average molecular weight is 1110 g/mol. The minimum absolute atomic E-state index is 0.642. The second-order valence-electron chi connectivity index (χ2n) is 20.3. The molecule has 8 bridgehead atoms. The zero-order valence-electron chi connectivity index (χ0n) is 40.2. The van der Waals surface area contributed by atoms with Crippen molar-refractivity contribution < 1.29 is 49.4 Å². The molecular formula is C32H80O12Si16. The Kier molecular flexibility index (Phi) is 19.5. The molecule has 6 fully saturated rings. The van der Waals surface area contributed by atoms with Gasteiger partial charge < -0.3 is 49.4 Å². The second kappa shape index (κ2) is 21.7. The highest BCUT2D eigenvalue weighted by atomic mass is 28.6. The molecule has 0 amide bonds. The number of hydrogen-bond donors (Lipinski definition) is 0. The van der Waals surface area contributed by atoms with E-state index in [0.29, 0.717) is 48.4 Å². The summed E-state index contributed by atoms with van der Waals surface area (Å²) in [6.07, 6.45) is 0. The summed E-state index contributed by atoms with van der Waals surface area (Å²) < 4.78 is 96.4. The lowest BCUT2D eigenvalue weighted by Gasteiger charge is -2.63. The highest BCUT2D eigenvalue weighted by Crippen LogP contribution is 2.55. The van der Waals surface area contributed by atoms with Crippen LogP contribution in [0.3, 0.4) is 0 Å². The maximum Gasteiger partial charge on any atom is 0.478 e. The zero-order chi connectivity index (χ0) is 44.4. The topological polar surface area (TPSA) is 111 Å². The van der Waals surface area contributed by atoms with Crippen molar-refractivity contribution in [1.29, 1.82) is 0 Å². The molecule has 0 aromatic heterocycles. The average Bonchev–Trinajstić information content (AvgIpc) is 3.08. The van der Waals surface area contributed by atoms with Crippen LogP contribution in [0.4, 0.5) is 0 Å². The lowest BCUT2D eigenvalue weighted by molar-refractivity contribution is -0.0285. The molecule has 0 atom stereocenters. The third-order valence-corrected chi connectivity index (χ3v) is 61.9. The molecule has 0 aromatic carbocycles. The lowest BCUT2D eigenvalue weighted by Crippen LogP contribution is -2.88. The zero-order valence-corrected chi connectivity index (χ0v) is 56.2. The van der Waals surface area contributed by atoms with E-state index in [1.54, 1.807) is 0 Å². The van der Waals surface area contributed by atoms with Gasteiger partial charge in [0.15, 0.2) is 0 Å². The van der Waals surface area contributed by atoms with Crippen LogP contribution in [0.1, 0.15) is 0 Å². The normalized spacial score (nSPS) is 38.0. The van der Waals surface area contributed by atoms with Crippen LogP contribution in [0.25, 0.3) is 0 Å². The number of rotatable bonds is 24. The fraction of sp³-hybridized carbons (Fsp3) is 1.00. The van der Waals surface area contributed by atoms with Gasteiger partial charge >= 0.3 is 70.4 Å². The minimum Gasteiger partial charge on any atom is -0.373 e. The third-order valence-electron chi connectivity index (χ3n) is 11.2. The van der Waals surface area contributed by atoms with E-state index in [0.717, 1.165) is 48.4 Å². The Hall–Kier alpha value is 2.99. The van der Waals surface area contributed by atoms with Crippen LogP contribution in [-0.4, -0.2) is 141 Å². The highest BCUT2D eigenvalue weighted by Gasteiger charge is 2.82. The smallest absolute Gasteiger partial charge is 0.373 e. The van der Waals surface area contributed by atoms with Crippen LogP contribution in [-0.2, 0) is 49.4 Å². The molecule has 0 unspecified atom stereocenters. The summed E-state index contributed by atoms with van der Waals surface area (Å²) >= 11 is 0. The van der Waals surface area contributed by atoms with Gasteiger partial charge in [0.2, 0.25) is 0 Å². The van der Waals surface area contributed by atoms with Crippen LogP contribution >= 0.6 is 0 Å². The van der Waals surface area contributed by atoms with Crippen molar-refractivity contribution in [2.45, 2.75) is 201 Å². The highest BCUT2D eigenvalue weighted by molar-refractivity contribution is 7.04. The Balaban J connectivity index is 1.94. The first-order chi connectivity index (χ1) is 27.8. The van der Waals surface area contributed by atoms with Crippen molar-refractivity contribution in [2.24, 2.45) is 0 Å². The van der Waals surface area contributed by atoms with Crippen LogP contribution < -0.4 is 0 Å². The SMILES string of the molecule is C[Si](C)CC[Si]12O[Si]3(CC[Si](C)C)O[Si]4(CC[Si](C)C)O[Si](CC[Si](C)C)(O1)O[Si]1(CC[Si](C)C)O[Si](CC[Si](C)C)(O2)O[Si](CC[Si](C)C)(O3)O[Si](CC[Si](C)C)(O4)O1. The van der Waals surface area contributed by atoms with E-state index in [4.69, 9.17) is 49.4 Å². The van der Waals surface area contributed by atoms with Crippen molar-refractivity contribution in [2.75, 3.05) is 0 Å². The Morgan fingerprint density at radius 2 is 0.267 bits per heavy atom. The maximum atomic E-state index is 8.03. The van der Waals surface area contributed by atoms with Crippen molar-refractivity contribution in [3.8, 4) is 0 Å². The maximum absolute atomic E-state index is 8.03. The van der Waals surface area contributed by atoms with Gasteiger partial charge in [-0.25, -0.2) is 0 Å². The Morgan fingerprint density at radius 1 is 0.183 bits per heavy atom. The summed E-state index contributed by atoms with van der Waals surface area (Å²) in [7, 11) is -36.2. The Labute approximate surface area is 388 Å². The Bertz CT molecular complexity index is 1020. The molecule has 6 aliphatic rings. The molecule has 0 spiro atoms. The molecule has 12 nitrogen and oxygen atoms in total. The second-order valence-corrected chi connectivity index (χ2v) is 68.4. The molecular weight excluding hydrogens is 1030 g/mol. The van der Waals surface area contributed by atoms with Gasteiger partial charge in [0, 0.05) is 119 Å². The van der Waals surface area contributed by atoms with E-state index >= 15 is 0 Å². The van der Waals surface area contributed by atoms with Crippen LogP contribution in [0.2, 0.25) is 201 Å². The molecule has 28 heteroatoms. The molecule has 60 heavy (non-hydrogen) atoms. The molecule has 6 rings (SSSR count). The van der Waals surface area contributed by atoms with Gasteiger partial charge in [-0.1, -0.05) is 153 Å². The summed E-state index contributed by atoms with van der Waals surface area (Å²) in [5.41, 5.74) is 0. The van der Waals surface area contributed by atoms with Crippen molar-refractivity contribution >= 4 is 141 Å². The summed E-state index contributed by atoms with van der Waals surface area (Å²) in [6.45, 7) is 37.9. The van der Waals surface area contributed by atoms with Gasteiger partial charge in [-0.3, -0.25) is 0 Å². The molecule has 6 heterocycles. The molecule has 8 radical (unpaired) electrons. The fourth-order valence-electron chi connectivity index (χ4n) is 7.79. The molecule has 0 aromatic rings. The summed E-state index contributed by atoms with van der Waals surface area (Å²) in [5, 5.41) is 0. The fourth-order valence-corrected chi connectivity index (χ4v) is 79.1. The van der Waals surface area contributed by atoms with E-state index in [9.17, 15) is 0 Å². The van der Waals surface area contributed by atoms with Crippen LogP contribution in [0, 0.1) is 0 Å². The summed E-state index contributed by atoms with van der Waals surface area (Å²) in [6, 6.07) is 12.8. The van der Waals surface area contributed by atoms with Gasteiger partial charge in [-0.05, 0) is 0 Å². The monoisotopic (exact) mass is 1100 g/mol. The van der Waals surface area contributed by atoms with E-state index in [1.807, 2.05) is 0 Å². The van der Waals surface area contributed by atoms with Gasteiger partial charge in [0.05, 0.1) is 0 Å². The Morgan fingerprint density at radius 3 is 0.333 bits per heavy atom. The van der Waals surface area contributed by atoms with Crippen molar-refractivity contribution in [1.82, 2.24) is 0 Å². The van der Waals surface area contributed by atoms with Crippen molar-refractivity contribution in [3.05, 3.63) is 0 Å². The minimum atomic E-state index is -3.80. The van der Waals surface area contributed by atoms with Crippen LogP contribution in [0.5, 0.6) is 0 Å². The molecule has 0 aliphatic carbocycles. The third kappa shape index (κ3) is 14.5. The molecule has 344 valence electrons. The first kappa shape index (κ1) is 53.9. The first-order valence-corrected chi connectivity index (χ1v) is 59.7. The predicted molar refractivity (Wildman–Crippen MR) is 276 cm³/mol. The van der Waals surface area contributed by atoms with Gasteiger partial charge in [-0.2, -0.15) is 0 Å². The standard InChI is InChI=1S/C32H80O12Si16/c1-45(2)17-25-53-33-54(26-18-46(3)4)36-57(29-21-49(9)10)38-55(34-53,27-19-47(5)6)40-59(31-23-51(13)14)41-56(35-53,28-20-48(7)8)39-58(37-54,30-22-50(11)12)43-60(42-57,44-59)32-24-52(15)16/h17-32H2,1-16H3. The quantitative estimate of drug-likeness (QED) is 0.0859. The van der Waals surface area contributed by atoms with Gasteiger partial charge in [0.25, 0.3) is 0 Å². The van der Waals surface area contributed by atoms with Gasteiger partial charge in [0.1, 0.15) is 0 Å². The lowest BCUT2D eigenvalue weighted by atomic mass is 10.9. The molecule has 6 aliphatic heterocycles. The van der Waals surface area contributed by atoms with E-state index in [2.05, 4.69) is 105 Å². The molecule has 6 saturated heterocycles.